The van der Waals surface area contributed by atoms with Gasteiger partial charge in [-0.2, -0.15) is 0 Å². The summed E-state index contributed by atoms with van der Waals surface area (Å²) >= 11 is 0. The molecule has 17 heavy (non-hydrogen) atoms. The number of carbonyl (C=O) groups excluding carboxylic acids is 2. The van der Waals surface area contributed by atoms with Crippen molar-refractivity contribution in [3.05, 3.63) is 23.4 Å². The molecule has 0 N–H and O–H groups in total. The van der Waals surface area contributed by atoms with Gasteiger partial charge in [-0.25, -0.2) is 0 Å². The number of rotatable bonds is 3. The predicted octanol–water partition coefficient (Wildman–Crippen LogP) is 1.37. The molecule has 0 aliphatic heterocycles. The van der Waals surface area contributed by atoms with Crippen LogP contribution in [0.2, 0.25) is 13.1 Å². The van der Waals surface area contributed by atoms with Gasteiger partial charge in [0.2, 0.25) is 0 Å². The first-order chi connectivity index (χ1) is 7.91. The summed E-state index contributed by atoms with van der Waals surface area (Å²) < 4.78 is 10.4. The highest BCUT2D eigenvalue weighted by Crippen LogP contribution is 2.22. The molecule has 0 aromatic heterocycles. The second kappa shape index (κ2) is 5.81. The van der Waals surface area contributed by atoms with E-state index in [-0.39, 0.29) is 11.9 Å². The summed E-state index contributed by atoms with van der Waals surface area (Å²) in [7, 11) is -1.11. The highest BCUT2D eigenvalue weighted by molar-refractivity contribution is 6.64. The van der Waals surface area contributed by atoms with Gasteiger partial charge in [-0.05, 0) is 11.3 Å². The maximum atomic E-state index is 11.1. The molecule has 1 aliphatic rings. The Morgan fingerprint density at radius 1 is 1.18 bits per heavy atom. The van der Waals surface area contributed by atoms with Crippen LogP contribution >= 0.6 is 0 Å². The van der Waals surface area contributed by atoms with Crippen LogP contribution in [0.5, 0.6) is 0 Å². The molecule has 2 atom stereocenters. The Bertz CT molecular complexity index is 371. The molecule has 0 radical (unpaired) electrons. The van der Waals surface area contributed by atoms with Crippen molar-refractivity contribution >= 4 is 20.7 Å². The lowest BCUT2D eigenvalue weighted by atomic mass is 10.1. The monoisotopic (exact) mass is 254 g/mol. The van der Waals surface area contributed by atoms with Gasteiger partial charge in [-0.3, -0.25) is 9.59 Å². The molecule has 1 rings (SSSR count). The Labute approximate surface area is 103 Å². The van der Waals surface area contributed by atoms with Crippen LogP contribution in [0, 0.1) is 0 Å². The minimum Gasteiger partial charge on any atom is -0.454 e. The highest BCUT2D eigenvalue weighted by atomic mass is 28.3. The lowest BCUT2D eigenvalue weighted by molar-refractivity contribution is -0.158. The third kappa shape index (κ3) is 3.85. The third-order valence-corrected chi connectivity index (χ3v) is 4.33. The minimum absolute atomic E-state index is 0.358. The zero-order chi connectivity index (χ0) is 13.0. The molecular formula is C12H18O4Si. The van der Waals surface area contributed by atoms with Crippen LogP contribution in [0.15, 0.2) is 23.4 Å². The fraction of sp³-hybridized carbons (Fsp3) is 0.500. The molecule has 0 aromatic carbocycles. The number of ether oxygens (including phenoxy) is 2. The van der Waals surface area contributed by atoms with E-state index in [0.29, 0.717) is 0 Å². The van der Waals surface area contributed by atoms with Gasteiger partial charge in [0, 0.05) is 13.8 Å². The fourth-order valence-corrected chi connectivity index (χ4v) is 3.20. The number of esters is 2. The summed E-state index contributed by atoms with van der Waals surface area (Å²) in [5.74, 6) is -0.730. The maximum absolute atomic E-state index is 11.1. The molecule has 0 spiro atoms. The molecular weight excluding hydrogens is 236 g/mol. The van der Waals surface area contributed by atoms with Crippen LogP contribution in [0.1, 0.15) is 13.8 Å². The van der Waals surface area contributed by atoms with E-state index in [2.05, 4.69) is 13.1 Å². The Morgan fingerprint density at radius 3 is 2.24 bits per heavy atom. The van der Waals surface area contributed by atoms with Crippen LogP contribution in [0.25, 0.3) is 0 Å². The Hall–Kier alpha value is -1.36. The van der Waals surface area contributed by atoms with Crippen LogP contribution in [-0.2, 0) is 19.1 Å². The van der Waals surface area contributed by atoms with Crippen molar-refractivity contribution in [1.82, 2.24) is 0 Å². The molecule has 94 valence electrons. The average molecular weight is 254 g/mol. The van der Waals surface area contributed by atoms with Crippen LogP contribution < -0.4 is 0 Å². The van der Waals surface area contributed by atoms with Gasteiger partial charge in [-0.15, -0.1) is 0 Å². The van der Waals surface area contributed by atoms with Crippen molar-refractivity contribution in [1.29, 1.82) is 0 Å². The summed E-state index contributed by atoms with van der Waals surface area (Å²) in [5, 5.41) is 1.09. The van der Waals surface area contributed by atoms with Crippen LogP contribution in [-0.4, -0.2) is 32.9 Å². The molecule has 0 fully saturated rings. The summed E-state index contributed by atoms with van der Waals surface area (Å²) in [4.78, 5) is 22.1. The summed E-state index contributed by atoms with van der Waals surface area (Å²) in [6.45, 7) is 7.00. The smallest absolute Gasteiger partial charge is 0.303 e. The van der Waals surface area contributed by atoms with Crippen LogP contribution in [0.4, 0.5) is 0 Å². The predicted molar refractivity (Wildman–Crippen MR) is 67.2 cm³/mol. The second-order valence-electron chi connectivity index (χ2n) is 4.31. The van der Waals surface area contributed by atoms with Crippen molar-refractivity contribution in [3.8, 4) is 0 Å². The Balaban J connectivity index is 2.91. The zero-order valence-electron chi connectivity index (χ0n) is 10.6. The first-order valence-corrected chi connectivity index (χ1v) is 8.53. The van der Waals surface area contributed by atoms with Gasteiger partial charge in [0.05, 0.1) is 8.80 Å². The summed E-state index contributed by atoms with van der Waals surface area (Å²) in [6.07, 6.45) is 4.62. The van der Waals surface area contributed by atoms with Crippen molar-refractivity contribution in [2.45, 2.75) is 39.1 Å². The quantitative estimate of drug-likeness (QED) is 0.564. The van der Waals surface area contributed by atoms with Gasteiger partial charge < -0.3 is 9.47 Å². The normalized spacial score (nSPS) is 23.2. The number of carbonyl (C=O) groups is 2. The molecule has 0 unspecified atom stereocenters. The van der Waals surface area contributed by atoms with Gasteiger partial charge in [-0.1, -0.05) is 25.2 Å². The van der Waals surface area contributed by atoms with Gasteiger partial charge in [0.15, 0.2) is 12.2 Å². The van der Waals surface area contributed by atoms with Gasteiger partial charge >= 0.3 is 11.9 Å². The van der Waals surface area contributed by atoms with E-state index in [1.807, 2.05) is 12.2 Å². The Morgan fingerprint density at radius 2 is 1.76 bits per heavy atom. The van der Waals surface area contributed by atoms with E-state index in [1.165, 1.54) is 13.8 Å². The van der Waals surface area contributed by atoms with E-state index in [0.717, 1.165) is 5.20 Å². The topological polar surface area (TPSA) is 52.6 Å². The molecule has 0 aromatic rings. The lowest BCUT2D eigenvalue weighted by Crippen LogP contribution is -2.39. The van der Waals surface area contributed by atoms with Crippen molar-refractivity contribution in [2.24, 2.45) is 0 Å². The molecule has 0 bridgehead atoms. The molecule has 5 heteroatoms. The van der Waals surface area contributed by atoms with Crippen molar-refractivity contribution < 1.29 is 19.1 Å². The van der Waals surface area contributed by atoms with E-state index in [9.17, 15) is 9.59 Å². The maximum Gasteiger partial charge on any atom is 0.303 e. The molecule has 0 saturated carbocycles. The molecule has 0 heterocycles. The van der Waals surface area contributed by atoms with E-state index < -0.39 is 21.0 Å². The standard InChI is InChI=1S/C12H18O4Si/c1-8(13)15-10-6-5-7-11(17(3)4)12(10)16-9(2)14/h5-7,10,12,17H,1-4H3/t10-,12-/m0/s1. The molecule has 4 nitrogen and oxygen atoms in total. The summed E-state index contributed by atoms with van der Waals surface area (Å²) in [6, 6.07) is 0. The average Bonchev–Trinajstić information content (AvgIpc) is 2.18. The van der Waals surface area contributed by atoms with Crippen LogP contribution in [0.3, 0.4) is 0 Å². The zero-order valence-corrected chi connectivity index (χ0v) is 11.8. The molecule has 0 amide bonds. The van der Waals surface area contributed by atoms with Crippen molar-refractivity contribution in [3.63, 3.8) is 0 Å². The van der Waals surface area contributed by atoms with E-state index in [1.54, 1.807) is 6.08 Å². The third-order valence-electron chi connectivity index (χ3n) is 2.48. The Kier molecular flexibility index (Phi) is 4.69. The number of hydrogen-bond donors (Lipinski definition) is 0. The van der Waals surface area contributed by atoms with Crippen molar-refractivity contribution in [2.75, 3.05) is 0 Å². The SMILES string of the molecule is CC(=O)O[C@H]1C=CC=C([SiH](C)C)[C@H]1OC(C)=O. The van der Waals surface area contributed by atoms with E-state index in [4.69, 9.17) is 9.47 Å². The first-order valence-electron chi connectivity index (χ1n) is 5.64. The van der Waals surface area contributed by atoms with Gasteiger partial charge in [0.1, 0.15) is 0 Å². The number of hydrogen-bond acceptors (Lipinski definition) is 4. The summed E-state index contributed by atoms with van der Waals surface area (Å²) in [5.41, 5.74) is 0. The highest BCUT2D eigenvalue weighted by Gasteiger charge is 2.31. The van der Waals surface area contributed by atoms with Gasteiger partial charge in [0.25, 0.3) is 0 Å². The largest absolute Gasteiger partial charge is 0.454 e. The van der Waals surface area contributed by atoms with E-state index >= 15 is 0 Å². The fourth-order valence-electron chi connectivity index (χ4n) is 1.79. The molecule has 0 saturated heterocycles. The lowest BCUT2D eigenvalue weighted by Gasteiger charge is -2.30. The first kappa shape index (κ1) is 13.7. The molecule has 1 aliphatic carbocycles. The number of allylic oxidation sites excluding steroid dienone is 2. The minimum atomic E-state index is -1.11. The second-order valence-corrected chi connectivity index (χ2v) is 7.29.